The van der Waals surface area contributed by atoms with Crippen LogP contribution in [0.3, 0.4) is 0 Å². The van der Waals surface area contributed by atoms with Crippen molar-refractivity contribution in [1.29, 1.82) is 0 Å². The van der Waals surface area contributed by atoms with Crippen LogP contribution in [0.4, 0.5) is 0 Å². The molecule has 0 radical (unpaired) electrons. The van der Waals surface area contributed by atoms with Gasteiger partial charge >= 0.3 is 0 Å². The zero-order valence-corrected chi connectivity index (χ0v) is 13.8. The third-order valence-corrected chi connectivity index (χ3v) is 5.79. The van der Waals surface area contributed by atoms with Crippen LogP contribution in [0.25, 0.3) is 21.3 Å². The second kappa shape index (κ2) is 5.32. The summed E-state index contributed by atoms with van der Waals surface area (Å²) in [5.74, 6) is 1.60. The Hall–Kier alpha value is -1.46. The molecule has 22 heavy (non-hydrogen) atoms. The molecule has 3 aromatic heterocycles. The number of rotatable bonds is 2. The van der Waals surface area contributed by atoms with Gasteiger partial charge in [0.05, 0.1) is 21.9 Å². The molecule has 3 heterocycles. The number of hydrogen-bond acceptors (Lipinski definition) is 4. The van der Waals surface area contributed by atoms with E-state index in [0.29, 0.717) is 6.04 Å². The van der Waals surface area contributed by atoms with Crippen LogP contribution in [0, 0.1) is 5.92 Å². The van der Waals surface area contributed by atoms with Crippen molar-refractivity contribution < 1.29 is 5.11 Å². The number of thiophene rings is 1. The first-order valence-corrected chi connectivity index (χ1v) is 8.95. The summed E-state index contributed by atoms with van der Waals surface area (Å²) in [6, 6.07) is 2.50. The maximum absolute atomic E-state index is 10.2. The van der Waals surface area contributed by atoms with Crippen LogP contribution in [0.2, 0.25) is 0 Å². The minimum Gasteiger partial charge on any atom is -0.385 e. The number of imidazole rings is 1. The lowest BCUT2D eigenvalue weighted by molar-refractivity contribution is 0.176. The molecule has 3 aromatic rings. The van der Waals surface area contributed by atoms with Gasteiger partial charge in [-0.05, 0) is 50.0 Å². The Balaban J connectivity index is 1.96. The van der Waals surface area contributed by atoms with Gasteiger partial charge < -0.3 is 9.67 Å². The van der Waals surface area contributed by atoms with Gasteiger partial charge in [0.1, 0.15) is 17.4 Å². The number of hydrogen-bond donors (Lipinski definition) is 1. The van der Waals surface area contributed by atoms with Crippen molar-refractivity contribution in [2.45, 2.75) is 51.7 Å². The minimum atomic E-state index is -0.554. The Morgan fingerprint density at radius 2 is 2.05 bits per heavy atom. The molecule has 5 heteroatoms. The SMILES string of the molecule is C[C@@H](O)c1nc2cnc3ccsc3c2n1[C@H]1CC[C@H](C)CC1. The van der Waals surface area contributed by atoms with Crippen molar-refractivity contribution in [2.75, 3.05) is 0 Å². The van der Waals surface area contributed by atoms with Gasteiger partial charge in [0.25, 0.3) is 0 Å². The Bertz CT molecular complexity index is 812. The Kier molecular flexibility index (Phi) is 3.42. The summed E-state index contributed by atoms with van der Waals surface area (Å²) in [5.41, 5.74) is 3.10. The van der Waals surface area contributed by atoms with E-state index >= 15 is 0 Å². The maximum Gasteiger partial charge on any atom is 0.138 e. The molecule has 4 rings (SSSR count). The van der Waals surface area contributed by atoms with E-state index in [9.17, 15) is 5.11 Å². The largest absolute Gasteiger partial charge is 0.385 e. The molecule has 0 aromatic carbocycles. The highest BCUT2D eigenvalue weighted by Crippen LogP contribution is 2.39. The fraction of sp³-hybridized carbons (Fsp3) is 0.529. The van der Waals surface area contributed by atoms with Crippen molar-refractivity contribution in [2.24, 2.45) is 5.92 Å². The lowest BCUT2D eigenvalue weighted by atomic mass is 9.87. The summed E-state index contributed by atoms with van der Waals surface area (Å²) in [6.07, 6.45) is 6.13. The number of pyridine rings is 1. The lowest BCUT2D eigenvalue weighted by Crippen LogP contribution is -2.19. The van der Waals surface area contributed by atoms with Crippen molar-refractivity contribution in [1.82, 2.24) is 14.5 Å². The smallest absolute Gasteiger partial charge is 0.138 e. The molecule has 0 aliphatic heterocycles. The van der Waals surface area contributed by atoms with E-state index in [4.69, 9.17) is 4.98 Å². The molecular formula is C17H21N3OS. The molecule has 1 atom stereocenters. The zero-order valence-electron chi connectivity index (χ0n) is 13.0. The van der Waals surface area contributed by atoms with Gasteiger partial charge in [-0.3, -0.25) is 4.98 Å². The van der Waals surface area contributed by atoms with E-state index in [1.807, 2.05) is 13.1 Å². The molecule has 0 spiro atoms. The van der Waals surface area contributed by atoms with Crippen LogP contribution in [0.5, 0.6) is 0 Å². The third kappa shape index (κ3) is 2.15. The van der Waals surface area contributed by atoms with Gasteiger partial charge in [0, 0.05) is 6.04 Å². The number of aliphatic hydroxyl groups is 1. The monoisotopic (exact) mass is 315 g/mol. The molecule has 0 saturated heterocycles. The molecule has 0 bridgehead atoms. The second-order valence-electron chi connectivity index (χ2n) is 6.56. The molecule has 1 aliphatic rings. The Morgan fingerprint density at radius 3 is 2.77 bits per heavy atom. The third-order valence-electron chi connectivity index (χ3n) is 4.87. The molecular weight excluding hydrogens is 294 g/mol. The lowest BCUT2D eigenvalue weighted by Gasteiger charge is -2.29. The quantitative estimate of drug-likeness (QED) is 0.760. The van der Waals surface area contributed by atoms with Crippen LogP contribution in [-0.4, -0.2) is 19.6 Å². The predicted octanol–water partition coefficient (Wildman–Crippen LogP) is 4.45. The topological polar surface area (TPSA) is 50.9 Å². The van der Waals surface area contributed by atoms with Crippen LogP contribution < -0.4 is 0 Å². The van der Waals surface area contributed by atoms with Crippen molar-refractivity contribution in [3.05, 3.63) is 23.5 Å². The van der Waals surface area contributed by atoms with Gasteiger partial charge in [0.2, 0.25) is 0 Å². The van der Waals surface area contributed by atoms with Crippen molar-refractivity contribution >= 4 is 32.6 Å². The number of nitrogens with zero attached hydrogens (tertiary/aromatic N) is 3. The van der Waals surface area contributed by atoms with Crippen molar-refractivity contribution in [3.63, 3.8) is 0 Å². The predicted molar refractivity (Wildman–Crippen MR) is 90.2 cm³/mol. The summed E-state index contributed by atoms with van der Waals surface area (Å²) in [4.78, 5) is 9.19. The van der Waals surface area contributed by atoms with Gasteiger partial charge in [0.15, 0.2) is 0 Å². The van der Waals surface area contributed by atoms with E-state index in [-0.39, 0.29) is 0 Å². The van der Waals surface area contributed by atoms with Crippen molar-refractivity contribution in [3.8, 4) is 0 Å². The normalized spacial score (nSPS) is 24.1. The zero-order chi connectivity index (χ0) is 15.3. The van der Waals surface area contributed by atoms with E-state index in [1.165, 1.54) is 30.4 Å². The molecule has 0 amide bonds. The first-order chi connectivity index (χ1) is 10.6. The fourth-order valence-electron chi connectivity index (χ4n) is 3.66. The second-order valence-corrected chi connectivity index (χ2v) is 7.47. The van der Waals surface area contributed by atoms with E-state index in [1.54, 1.807) is 11.3 Å². The molecule has 1 saturated carbocycles. The molecule has 4 nitrogen and oxygen atoms in total. The number of aromatic nitrogens is 3. The van der Waals surface area contributed by atoms with Crippen LogP contribution in [0.1, 0.15) is 57.5 Å². The summed E-state index contributed by atoms with van der Waals surface area (Å²) in [5, 5.41) is 12.3. The highest BCUT2D eigenvalue weighted by Gasteiger charge is 2.26. The number of fused-ring (bicyclic) bond motifs is 3. The Labute approximate surface area is 133 Å². The molecule has 116 valence electrons. The first-order valence-electron chi connectivity index (χ1n) is 8.07. The highest BCUT2D eigenvalue weighted by molar-refractivity contribution is 7.18. The van der Waals surface area contributed by atoms with Crippen LogP contribution in [-0.2, 0) is 0 Å². The molecule has 1 fully saturated rings. The molecule has 1 aliphatic carbocycles. The standard InChI is InChI=1S/C17H21N3OS/c1-10-3-5-12(6-4-10)20-15-14(19-17(20)11(2)21)9-18-13-7-8-22-16(13)15/h7-12,21H,3-6H2,1-2H3/t10-,11-,12-/m1/s1. The number of aliphatic hydroxyl groups excluding tert-OH is 1. The van der Waals surface area contributed by atoms with Gasteiger partial charge in [-0.25, -0.2) is 4.98 Å². The average Bonchev–Trinajstić information content (AvgIpc) is 3.11. The highest BCUT2D eigenvalue weighted by atomic mass is 32.1. The van der Waals surface area contributed by atoms with Gasteiger partial charge in [-0.1, -0.05) is 6.92 Å². The van der Waals surface area contributed by atoms with Crippen LogP contribution >= 0.6 is 11.3 Å². The maximum atomic E-state index is 10.2. The van der Waals surface area contributed by atoms with E-state index < -0.39 is 6.10 Å². The average molecular weight is 315 g/mol. The molecule has 1 N–H and O–H groups in total. The summed E-state index contributed by atoms with van der Waals surface area (Å²) in [7, 11) is 0. The summed E-state index contributed by atoms with van der Waals surface area (Å²) in [6.45, 7) is 4.14. The Morgan fingerprint density at radius 1 is 1.27 bits per heavy atom. The van der Waals surface area contributed by atoms with E-state index in [0.717, 1.165) is 28.3 Å². The fourth-order valence-corrected chi connectivity index (χ4v) is 4.55. The van der Waals surface area contributed by atoms with Crippen LogP contribution in [0.15, 0.2) is 17.6 Å². The molecule has 0 unspecified atom stereocenters. The summed E-state index contributed by atoms with van der Waals surface area (Å²) >= 11 is 1.72. The van der Waals surface area contributed by atoms with E-state index in [2.05, 4.69) is 27.9 Å². The summed E-state index contributed by atoms with van der Waals surface area (Å²) < 4.78 is 3.50. The minimum absolute atomic E-state index is 0.443. The first kappa shape index (κ1) is 14.2. The van der Waals surface area contributed by atoms with Gasteiger partial charge in [-0.2, -0.15) is 0 Å². The van der Waals surface area contributed by atoms with Gasteiger partial charge in [-0.15, -0.1) is 11.3 Å².